The summed E-state index contributed by atoms with van der Waals surface area (Å²) in [5.74, 6) is 2.61. The first kappa shape index (κ1) is 20.7. The fourth-order valence-corrected chi connectivity index (χ4v) is 3.43. The summed E-state index contributed by atoms with van der Waals surface area (Å²) in [7, 11) is 3.15. The van der Waals surface area contributed by atoms with Crippen LogP contribution in [0.1, 0.15) is 17.9 Å². The van der Waals surface area contributed by atoms with Gasteiger partial charge in [-0.25, -0.2) is 0 Å². The molecule has 3 rings (SSSR count). The molecule has 0 bridgehead atoms. The number of benzene rings is 2. The highest BCUT2D eigenvalue weighted by molar-refractivity contribution is 7.99. The van der Waals surface area contributed by atoms with Crippen molar-refractivity contribution in [3.05, 3.63) is 53.9 Å². The minimum Gasteiger partial charge on any atom is -0.497 e. The fourth-order valence-electron chi connectivity index (χ4n) is 2.58. The van der Waals surface area contributed by atoms with Gasteiger partial charge in [-0.3, -0.25) is 4.79 Å². The second-order valence-electron chi connectivity index (χ2n) is 6.27. The third kappa shape index (κ3) is 5.74. The van der Waals surface area contributed by atoms with Crippen LogP contribution in [0.15, 0.2) is 51.9 Å². The van der Waals surface area contributed by atoms with E-state index in [1.54, 1.807) is 44.2 Å². The lowest BCUT2D eigenvalue weighted by atomic mass is 10.2. The molecule has 0 saturated heterocycles. The molecule has 0 fully saturated rings. The Hall–Kier alpha value is -3.00. The lowest BCUT2D eigenvalue weighted by molar-refractivity contribution is -0.120. The molecule has 0 atom stereocenters. The van der Waals surface area contributed by atoms with Crippen LogP contribution in [-0.2, 0) is 11.3 Å². The highest BCUT2D eigenvalue weighted by Crippen LogP contribution is 2.31. The molecule has 1 amide bonds. The number of aryl methyl sites for hydroxylation is 1. The van der Waals surface area contributed by atoms with Gasteiger partial charge in [0, 0.05) is 23.1 Å². The summed E-state index contributed by atoms with van der Waals surface area (Å²) in [6.45, 7) is 2.23. The van der Waals surface area contributed by atoms with Gasteiger partial charge < -0.3 is 19.3 Å². The first-order valence-electron chi connectivity index (χ1n) is 9.10. The van der Waals surface area contributed by atoms with Crippen LogP contribution in [0.25, 0.3) is 11.4 Å². The van der Waals surface area contributed by atoms with Crippen LogP contribution in [0.2, 0.25) is 0 Å². The molecular weight excluding hydrogens is 390 g/mol. The van der Waals surface area contributed by atoms with Crippen LogP contribution in [0.5, 0.6) is 11.5 Å². The summed E-state index contributed by atoms with van der Waals surface area (Å²) in [5, 5.41) is 6.78. The normalized spacial score (nSPS) is 10.6. The minimum atomic E-state index is -0.0635. The molecule has 8 heteroatoms. The quantitative estimate of drug-likeness (QED) is 0.533. The van der Waals surface area contributed by atoms with E-state index in [2.05, 4.69) is 46.6 Å². The number of nitrogens with one attached hydrogen (secondary N) is 1. The van der Waals surface area contributed by atoms with E-state index in [4.69, 9.17) is 14.0 Å². The summed E-state index contributed by atoms with van der Waals surface area (Å²) in [5.41, 5.74) is 1.91. The molecule has 1 aromatic heterocycles. The number of aromatic nitrogens is 2. The molecule has 0 aliphatic heterocycles. The number of hydrogen-bond acceptors (Lipinski definition) is 7. The average molecular weight is 413 g/mol. The van der Waals surface area contributed by atoms with Crippen molar-refractivity contribution < 1.29 is 18.8 Å². The molecule has 0 aliphatic carbocycles. The lowest BCUT2D eigenvalue weighted by Crippen LogP contribution is -2.23. The maximum absolute atomic E-state index is 12.1. The van der Waals surface area contributed by atoms with E-state index < -0.39 is 0 Å². The summed E-state index contributed by atoms with van der Waals surface area (Å²) in [6, 6.07) is 13.6. The molecule has 1 N–H and O–H groups in total. The Kier molecular flexibility index (Phi) is 7.13. The zero-order valence-electron chi connectivity index (χ0n) is 16.6. The van der Waals surface area contributed by atoms with Crippen molar-refractivity contribution in [2.75, 3.05) is 20.0 Å². The molecule has 2 aromatic carbocycles. The molecule has 7 nitrogen and oxygen atoms in total. The molecule has 29 heavy (non-hydrogen) atoms. The number of carbonyl (C=O) groups is 1. The smallest absolute Gasteiger partial charge is 0.246 e. The molecule has 0 unspecified atom stereocenters. The van der Waals surface area contributed by atoms with Crippen LogP contribution in [0, 0.1) is 6.92 Å². The Morgan fingerprint density at radius 3 is 2.66 bits per heavy atom. The SMILES string of the molecule is COc1ccc(-c2noc(CNC(=O)CCSc3ccc(C)cc3)n2)c(OC)c1. The Morgan fingerprint density at radius 1 is 1.14 bits per heavy atom. The Balaban J connectivity index is 1.50. The van der Waals surface area contributed by atoms with Gasteiger partial charge in [-0.1, -0.05) is 22.9 Å². The van der Waals surface area contributed by atoms with Crippen molar-refractivity contribution in [2.24, 2.45) is 0 Å². The first-order valence-corrected chi connectivity index (χ1v) is 10.1. The molecule has 152 valence electrons. The van der Waals surface area contributed by atoms with Crippen LogP contribution in [0.3, 0.4) is 0 Å². The van der Waals surface area contributed by atoms with E-state index >= 15 is 0 Å². The maximum atomic E-state index is 12.1. The zero-order valence-corrected chi connectivity index (χ0v) is 17.4. The Labute approximate surface area is 173 Å². The zero-order chi connectivity index (χ0) is 20.6. The predicted octanol–water partition coefficient (Wildman–Crippen LogP) is 3.86. The van der Waals surface area contributed by atoms with Crippen LogP contribution in [0.4, 0.5) is 0 Å². The molecule has 1 heterocycles. The number of amides is 1. The molecule has 3 aromatic rings. The topological polar surface area (TPSA) is 86.5 Å². The van der Waals surface area contributed by atoms with Crippen molar-refractivity contribution in [1.82, 2.24) is 15.5 Å². The number of carbonyl (C=O) groups excluding carboxylic acids is 1. The van der Waals surface area contributed by atoms with Crippen LogP contribution < -0.4 is 14.8 Å². The summed E-state index contributed by atoms with van der Waals surface area (Å²) in [4.78, 5) is 17.5. The van der Waals surface area contributed by atoms with Crippen LogP contribution >= 0.6 is 11.8 Å². The number of hydrogen-bond donors (Lipinski definition) is 1. The van der Waals surface area contributed by atoms with E-state index in [1.807, 2.05) is 0 Å². The third-order valence-corrected chi connectivity index (χ3v) is 5.19. The number of ether oxygens (including phenoxy) is 2. The summed E-state index contributed by atoms with van der Waals surface area (Å²) < 4.78 is 15.8. The number of thioether (sulfide) groups is 1. The highest BCUT2D eigenvalue weighted by Gasteiger charge is 2.15. The molecule has 0 saturated carbocycles. The van der Waals surface area contributed by atoms with E-state index in [9.17, 15) is 4.79 Å². The van der Waals surface area contributed by atoms with E-state index in [1.165, 1.54) is 5.56 Å². The molecule has 0 spiro atoms. The number of rotatable bonds is 9. The Morgan fingerprint density at radius 2 is 1.93 bits per heavy atom. The lowest BCUT2D eigenvalue weighted by Gasteiger charge is -2.07. The van der Waals surface area contributed by atoms with Gasteiger partial charge in [0.25, 0.3) is 0 Å². The van der Waals surface area contributed by atoms with Gasteiger partial charge in [0.15, 0.2) is 0 Å². The fraction of sp³-hybridized carbons (Fsp3) is 0.286. The van der Waals surface area contributed by atoms with Crippen molar-refractivity contribution in [2.45, 2.75) is 24.8 Å². The standard InChI is InChI=1S/C21H23N3O4S/c1-14-4-7-16(8-5-14)29-11-10-19(25)22-13-20-23-21(24-28-20)17-9-6-15(26-2)12-18(17)27-3/h4-9,12H,10-11,13H2,1-3H3,(H,22,25). The van der Waals surface area contributed by atoms with Crippen molar-refractivity contribution in [3.63, 3.8) is 0 Å². The predicted molar refractivity (Wildman–Crippen MR) is 111 cm³/mol. The van der Waals surface area contributed by atoms with Crippen molar-refractivity contribution in [3.8, 4) is 22.9 Å². The Bertz CT molecular complexity index is 957. The number of methoxy groups -OCH3 is 2. The second kappa shape index (κ2) is 9.97. The first-order chi connectivity index (χ1) is 14.1. The van der Waals surface area contributed by atoms with Crippen molar-refractivity contribution >= 4 is 17.7 Å². The van der Waals surface area contributed by atoms with Gasteiger partial charge in [-0.2, -0.15) is 4.98 Å². The summed E-state index contributed by atoms with van der Waals surface area (Å²) >= 11 is 1.65. The van der Waals surface area contributed by atoms with E-state index in [0.717, 1.165) is 4.90 Å². The molecule has 0 radical (unpaired) electrons. The van der Waals surface area contributed by atoms with Gasteiger partial charge in [0.2, 0.25) is 17.6 Å². The van der Waals surface area contributed by atoms with Gasteiger partial charge in [-0.15, -0.1) is 11.8 Å². The van der Waals surface area contributed by atoms with Crippen molar-refractivity contribution in [1.29, 1.82) is 0 Å². The largest absolute Gasteiger partial charge is 0.497 e. The van der Waals surface area contributed by atoms with E-state index in [-0.39, 0.29) is 12.5 Å². The van der Waals surface area contributed by atoms with Gasteiger partial charge in [0.1, 0.15) is 11.5 Å². The summed E-state index contributed by atoms with van der Waals surface area (Å²) in [6.07, 6.45) is 0.409. The van der Waals surface area contributed by atoms with E-state index in [0.29, 0.717) is 41.0 Å². The molecular formula is C21H23N3O4S. The number of nitrogens with zero attached hydrogens (tertiary/aromatic N) is 2. The third-order valence-electron chi connectivity index (χ3n) is 4.17. The van der Waals surface area contributed by atoms with Gasteiger partial charge >= 0.3 is 0 Å². The highest BCUT2D eigenvalue weighted by atomic mass is 32.2. The maximum Gasteiger partial charge on any atom is 0.246 e. The average Bonchev–Trinajstić information content (AvgIpc) is 3.22. The van der Waals surface area contributed by atoms with Gasteiger partial charge in [-0.05, 0) is 31.2 Å². The van der Waals surface area contributed by atoms with Gasteiger partial charge in [0.05, 0.1) is 26.3 Å². The molecule has 0 aliphatic rings. The second-order valence-corrected chi connectivity index (χ2v) is 7.43. The monoisotopic (exact) mass is 413 g/mol. The van der Waals surface area contributed by atoms with Crippen LogP contribution in [-0.4, -0.2) is 36.0 Å². The minimum absolute atomic E-state index is 0.0635.